The minimum absolute atomic E-state index is 0.229. The van der Waals surface area contributed by atoms with Gasteiger partial charge in [-0.2, -0.15) is 0 Å². The number of thioether (sulfide) groups is 1. The van der Waals surface area contributed by atoms with Crippen LogP contribution in [0.25, 0.3) is 10.2 Å². The Balaban J connectivity index is 1.90. The minimum Gasteiger partial charge on any atom is -0.465 e. The van der Waals surface area contributed by atoms with Crippen molar-refractivity contribution in [3.05, 3.63) is 26.6 Å². The number of amidine groups is 1. The second kappa shape index (κ2) is 6.71. The van der Waals surface area contributed by atoms with Gasteiger partial charge in [-0.3, -0.25) is 9.79 Å². The molecule has 1 aliphatic rings. The van der Waals surface area contributed by atoms with E-state index in [0.717, 1.165) is 24.7 Å². The molecule has 0 spiro atoms. The predicted molar refractivity (Wildman–Crippen MR) is 92.5 cm³/mol. The zero-order valence-corrected chi connectivity index (χ0v) is 14.4. The first-order chi connectivity index (χ1) is 11.1. The lowest BCUT2D eigenvalue weighted by Crippen LogP contribution is -2.27. The van der Waals surface area contributed by atoms with E-state index < -0.39 is 5.97 Å². The molecule has 3 heterocycles. The third-order valence-corrected chi connectivity index (χ3v) is 5.56. The number of thiophene rings is 1. The molecule has 23 heavy (non-hydrogen) atoms. The summed E-state index contributed by atoms with van der Waals surface area (Å²) in [6.07, 6.45) is 1.04. The fourth-order valence-electron chi connectivity index (χ4n) is 2.29. The molecule has 7 nitrogen and oxygen atoms in total. The Bertz CT molecular complexity index is 840. The first-order valence-electron chi connectivity index (χ1n) is 7.12. The Hall–Kier alpha value is -1.87. The molecule has 0 atom stereocenters. The maximum absolute atomic E-state index is 12.3. The maximum Gasteiger partial charge on any atom is 0.348 e. The number of methoxy groups -OCH3 is 1. The van der Waals surface area contributed by atoms with Crippen molar-refractivity contribution in [2.75, 3.05) is 20.2 Å². The fraction of sp³-hybridized carbons (Fsp3) is 0.429. The largest absolute Gasteiger partial charge is 0.465 e. The van der Waals surface area contributed by atoms with Crippen molar-refractivity contribution >= 4 is 44.5 Å². The van der Waals surface area contributed by atoms with E-state index in [1.54, 1.807) is 6.92 Å². The van der Waals surface area contributed by atoms with E-state index >= 15 is 0 Å². The molecular weight excluding hydrogens is 336 g/mol. The van der Waals surface area contributed by atoms with Gasteiger partial charge in [0.2, 0.25) is 0 Å². The first kappa shape index (κ1) is 16.0. The monoisotopic (exact) mass is 352 g/mol. The van der Waals surface area contributed by atoms with Crippen LogP contribution in [-0.2, 0) is 10.5 Å². The SMILES string of the molecule is COC(=O)c1sc2nc(CSC3=NCCCN3)[nH]c(=O)c2c1C. The summed E-state index contributed by atoms with van der Waals surface area (Å²) in [5, 5.41) is 4.54. The summed E-state index contributed by atoms with van der Waals surface area (Å²) in [5.41, 5.74) is 0.385. The number of aromatic nitrogens is 2. The highest BCUT2D eigenvalue weighted by atomic mass is 32.2. The van der Waals surface area contributed by atoms with Gasteiger partial charge < -0.3 is 15.0 Å². The van der Waals surface area contributed by atoms with E-state index in [4.69, 9.17) is 4.74 Å². The van der Waals surface area contributed by atoms with Gasteiger partial charge in [0, 0.05) is 13.1 Å². The highest BCUT2D eigenvalue weighted by Crippen LogP contribution is 2.27. The van der Waals surface area contributed by atoms with Gasteiger partial charge in [0.05, 0.1) is 18.2 Å². The highest BCUT2D eigenvalue weighted by Gasteiger charge is 2.19. The number of aliphatic imine (C=N–C) groups is 1. The number of carbonyl (C=O) groups excluding carboxylic acids is 1. The summed E-state index contributed by atoms with van der Waals surface area (Å²) < 4.78 is 4.75. The Morgan fingerprint density at radius 2 is 2.30 bits per heavy atom. The summed E-state index contributed by atoms with van der Waals surface area (Å²) in [5.74, 6) is 0.642. The van der Waals surface area contributed by atoms with Gasteiger partial charge in [0.25, 0.3) is 5.56 Å². The number of carbonyl (C=O) groups is 1. The van der Waals surface area contributed by atoms with Crippen molar-refractivity contribution in [2.45, 2.75) is 19.1 Å². The number of hydrogen-bond donors (Lipinski definition) is 2. The topological polar surface area (TPSA) is 96.4 Å². The lowest BCUT2D eigenvalue weighted by molar-refractivity contribution is 0.0605. The number of rotatable bonds is 3. The minimum atomic E-state index is -0.443. The molecule has 0 saturated carbocycles. The molecule has 0 unspecified atom stereocenters. The zero-order chi connectivity index (χ0) is 16.4. The molecule has 2 N–H and O–H groups in total. The Labute approximate surface area is 140 Å². The lowest BCUT2D eigenvalue weighted by atomic mass is 10.2. The molecular formula is C14H16N4O3S2. The van der Waals surface area contributed by atoms with Gasteiger partial charge in [-0.05, 0) is 18.9 Å². The van der Waals surface area contributed by atoms with E-state index in [0.29, 0.717) is 32.2 Å². The van der Waals surface area contributed by atoms with E-state index in [1.165, 1.54) is 30.2 Å². The Morgan fingerprint density at radius 3 is 3.00 bits per heavy atom. The molecule has 2 aromatic heterocycles. The average molecular weight is 352 g/mol. The van der Waals surface area contributed by atoms with Crippen LogP contribution in [0.2, 0.25) is 0 Å². The van der Waals surface area contributed by atoms with E-state index in [2.05, 4.69) is 20.3 Å². The van der Waals surface area contributed by atoms with Gasteiger partial charge in [0.15, 0.2) is 5.17 Å². The summed E-state index contributed by atoms with van der Waals surface area (Å²) in [6.45, 7) is 3.48. The van der Waals surface area contributed by atoms with Crippen molar-refractivity contribution in [3.8, 4) is 0 Å². The van der Waals surface area contributed by atoms with E-state index in [-0.39, 0.29) is 5.56 Å². The molecule has 0 amide bonds. The molecule has 0 aliphatic carbocycles. The Morgan fingerprint density at radius 1 is 1.48 bits per heavy atom. The second-order valence-corrected chi connectivity index (χ2v) is 6.96. The van der Waals surface area contributed by atoms with E-state index in [1.807, 2.05) is 0 Å². The normalized spacial score (nSPS) is 14.4. The molecule has 2 aromatic rings. The molecule has 1 aliphatic heterocycles. The Kier molecular flexibility index (Phi) is 4.67. The third kappa shape index (κ3) is 3.25. The number of fused-ring (bicyclic) bond motifs is 1. The van der Waals surface area contributed by atoms with Crippen molar-refractivity contribution in [2.24, 2.45) is 4.99 Å². The van der Waals surface area contributed by atoms with Gasteiger partial charge in [0.1, 0.15) is 15.5 Å². The fourth-order valence-corrected chi connectivity index (χ4v) is 4.20. The average Bonchev–Trinajstić information content (AvgIpc) is 2.90. The number of nitrogens with one attached hydrogen (secondary N) is 2. The number of nitrogens with zero attached hydrogens (tertiary/aromatic N) is 2. The molecule has 0 fully saturated rings. The van der Waals surface area contributed by atoms with Crippen LogP contribution in [0.3, 0.4) is 0 Å². The highest BCUT2D eigenvalue weighted by molar-refractivity contribution is 8.13. The molecule has 0 bridgehead atoms. The number of ether oxygens (including phenoxy) is 1. The second-order valence-electron chi connectivity index (χ2n) is 5.00. The van der Waals surface area contributed by atoms with Gasteiger partial charge in [-0.25, -0.2) is 9.78 Å². The quantitative estimate of drug-likeness (QED) is 0.816. The summed E-state index contributed by atoms with van der Waals surface area (Å²) in [4.78, 5) is 36.7. The number of esters is 1. The van der Waals surface area contributed by atoms with Crippen molar-refractivity contribution in [1.29, 1.82) is 0 Å². The van der Waals surface area contributed by atoms with Crippen molar-refractivity contribution in [3.63, 3.8) is 0 Å². The van der Waals surface area contributed by atoms with E-state index in [9.17, 15) is 9.59 Å². The van der Waals surface area contributed by atoms with Crippen LogP contribution in [0, 0.1) is 6.92 Å². The predicted octanol–water partition coefficient (Wildman–Crippen LogP) is 1.66. The molecule has 0 radical (unpaired) electrons. The molecule has 0 saturated heterocycles. The molecule has 122 valence electrons. The molecule has 9 heteroatoms. The summed E-state index contributed by atoms with van der Waals surface area (Å²) in [6, 6.07) is 0. The van der Waals surface area contributed by atoms with Gasteiger partial charge >= 0.3 is 5.97 Å². The third-order valence-electron chi connectivity index (χ3n) is 3.43. The number of hydrogen-bond acceptors (Lipinski definition) is 8. The number of H-pyrrole nitrogens is 1. The van der Waals surface area contributed by atoms with Crippen LogP contribution in [-0.4, -0.2) is 41.3 Å². The summed E-state index contributed by atoms with van der Waals surface area (Å²) in [7, 11) is 1.32. The van der Waals surface area contributed by atoms with Gasteiger partial charge in [-0.15, -0.1) is 11.3 Å². The van der Waals surface area contributed by atoms with Crippen LogP contribution in [0.1, 0.15) is 27.5 Å². The van der Waals surface area contributed by atoms with Crippen LogP contribution >= 0.6 is 23.1 Å². The first-order valence-corrected chi connectivity index (χ1v) is 8.92. The van der Waals surface area contributed by atoms with Crippen molar-refractivity contribution in [1.82, 2.24) is 15.3 Å². The smallest absolute Gasteiger partial charge is 0.348 e. The van der Waals surface area contributed by atoms with Crippen LogP contribution in [0.5, 0.6) is 0 Å². The number of aryl methyl sites for hydroxylation is 1. The lowest BCUT2D eigenvalue weighted by Gasteiger charge is -2.13. The zero-order valence-electron chi connectivity index (χ0n) is 12.8. The molecule has 3 rings (SSSR count). The molecule has 0 aromatic carbocycles. The van der Waals surface area contributed by atoms with Gasteiger partial charge in [-0.1, -0.05) is 11.8 Å². The number of aromatic amines is 1. The van der Waals surface area contributed by atoms with Crippen LogP contribution in [0.15, 0.2) is 9.79 Å². The van der Waals surface area contributed by atoms with Crippen LogP contribution in [0.4, 0.5) is 0 Å². The summed E-state index contributed by atoms with van der Waals surface area (Å²) >= 11 is 2.69. The standard InChI is InChI=1S/C14H16N4O3S2/c1-7-9-11(19)17-8(6-22-14-15-4-3-5-16-14)18-12(9)23-10(7)13(20)21-2/h3-6H2,1-2H3,(H,15,16)(H,17,18,19). The maximum atomic E-state index is 12.3. The van der Waals surface area contributed by atoms with Crippen molar-refractivity contribution < 1.29 is 9.53 Å². The van der Waals surface area contributed by atoms with Crippen LogP contribution < -0.4 is 10.9 Å².